The summed E-state index contributed by atoms with van der Waals surface area (Å²) in [6, 6.07) is 10.9. The third kappa shape index (κ3) is 3.34. The van der Waals surface area contributed by atoms with Crippen molar-refractivity contribution in [3.8, 4) is 0 Å². The Balaban J connectivity index is 2.81. The molecule has 0 aromatic heterocycles. The summed E-state index contributed by atoms with van der Waals surface area (Å²) in [6.45, 7) is 4.74. The number of hydrogen-bond donors (Lipinski definition) is 0. The minimum absolute atomic E-state index is 0.402. The van der Waals surface area contributed by atoms with Crippen molar-refractivity contribution in [1.82, 2.24) is 0 Å². The van der Waals surface area contributed by atoms with Crippen LogP contribution in [0.15, 0.2) is 30.3 Å². The van der Waals surface area contributed by atoms with Crippen molar-refractivity contribution in [3.05, 3.63) is 35.9 Å². The van der Waals surface area contributed by atoms with Gasteiger partial charge in [-0.2, -0.15) is 0 Å². The van der Waals surface area contributed by atoms with Crippen LogP contribution in [0.5, 0.6) is 0 Å². The third-order valence-corrected chi connectivity index (χ3v) is 6.89. The van der Waals surface area contributed by atoms with E-state index < -0.39 is 19.8 Å². The second kappa shape index (κ2) is 4.49. The van der Waals surface area contributed by atoms with E-state index in [0.717, 1.165) is 0 Å². The molecule has 71 valence electrons. The van der Waals surface area contributed by atoms with E-state index in [1.165, 1.54) is 10.0 Å². The zero-order valence-corrected chi connectivity index (χ0v) is 11.9. The molecule has 0 atom stereocenters. The fraction of sp³-hybridized carbons (Fsp3) is 0.500. The molecule has 0 fully saturated rings. The number of rotatable bonds is 3. The summed E-state index contributed by atoms with van der Waals surface area (Å²) >= 11 is -0.975. The number of benzene rings is 1. The van der Waals surface area contributed by atoms with E-state index in [4.69, 9.17) is 0 Å². The molecular weight excluding hydrogens is 263 g/mol. The topological polar surface area (TPSA) is 0 Å². The first-order valence-corrected chi connectivity index (χ1v) is 12.6. The van der Waals surface area contributed by atoms with E-state index in [1.807, 2.05) is 0 Å². The predicted octanol–water partition coefficient (Wildman–Crippen LogP) is 3.72. The molecule has 0 saturated heterocycles. The maximum absolute atomic E-state index is 2.48. The van der Waals surface area contributed by atoms with Crippen molar-refractivity contribution in [1.29, 1.82) is 0 Å². The maximum atomic E-state index is 2.48. The molecule has 1 heteroatoms. The summed E-state index contributed by atoms with van der Waals surface area (Å²) in [6.07, 6.45) is 0. The zero-order chi connectivity index (χ0) is 9.90. The summed E-state index contributed by atoms with van der Waals surface area (Å²) in [7, 11) is 0. The minimum atomic E-state index is -0.975. The summed E-state index contributed by atoms with van der Waals surface area (Å²) in [5.41, 5.74) is 1.90. The zero-order valence-electron chi connectivity index (χ0n) is 9.09. The molecular formula is C12H19Sn. The molecule has 0 saturated carbocycles. The molecule has 0 nitrogen and oxygen atoms in total. The van der Waals surface area contributed by atoms with Crippen LogP contribution in [-0.2, 0) is 5.41 Å². The second-order valence-electron chi connectivity index (χ2n) is 4.63. The molecule has 0 N–H and O–H groups in total. The van der Waals surface area contributed by atoms with Crippen LogP contribution in [0.4, 0.5) is 0 Å². The summed E-state index contributed by atoms with van der Waals surface area (Å²) in [5, 5.41) is 0. The first-order chi connectivity index (χ1) is 6.02. The predicted molar refractivity (Wildman–Crippen MR) is 61.8 cm³/mol. The van der Waals surface area contributed by atoms with Crippen LogP contribution in [-0.4, -0.2) is 19.8 Å². The van der Waals surface area contributed by atoms with Gasteiger partial charge in [-0.3, -0.25) is 0 Å². The van der Waals surface area contributed by atoms with Crippen molar-refractivity contribution < 1.29 is 0 Å². The molecule has 1 rings (SSSR count). The van der Waals surface area contributed by atoms with Crippen molar-refractivity contribution in [2.75, 3.05) is 0 Å². The molecule has 0 heterocycles. The standard InChI is InChI=1S/C10H13.2CH3.Sn/c1-10(2,3)9-7-5-4-6-8-9;;;/h4-8H,1H2,2-3H3;2*1H3;. The van der Waals surface area contributed by atoms with E-state index >= 15 is 0 Å². The van der Waals surface area contributed by atoms with Crippen LogP contribution in [0, 0.1) is 0 Å². The molecule has 0 bridgehead atoms. The Hall–Kier alpha value is 0.0187. The van der Waals surface area contributed by atoms with Crippen LogP contribution in [0.2, 0.25) is 14.3 Å². The molecule has 0 aliphatic rings. The van der Waals surface area contributed by atoms with E-state index in [0.29, 0.717) is 5.41 Å². The van der Waals surface area contributed by atoms with Crippen LogP contribution < -0.4 is 0 Å². The Bertz CT molecular complexity index is 249. The average molecular weight is 282 g/mol. The monoisotopic (exact) mass is 283 g/mol. The molecule has 1 radical (unpaired) electrons. The first-order valence-electron chi connectivity index (χ1n) is 4.87. The second-order valence-corrected chi connectivity index (χ2v) is 12.5. The van der Waals surface area contributed by atoms with Crippen LogP contribution in [0.3, 0.4) is 0 Å². The molecule has 0 spiro atoms. The van der Waals surface area contributed by atoms with E-state index in [-0.39, 0.29) is 0 Å². The molecule has 0 aliphatic heterocycles. The van der Waals surface area contributed by atoms with Gasteiger partial charge in [0.15, 0.2) is 0 Å². The van der Waals surface area contributed by atoms with Crippen molar-refractivity contribution >= 4 is 19.8 Å². The quantitative estimate of drug-likeness (QED) is 0.741. The normalized spacial score (nSPS) is 12.1. The van der Waals surface area contributed by atoms with Gasteiger partial charge in [-0.15, -0.1) is 0 Å². The van der Waals surface area contributed by atoms with Gasteiger partial charge in [0.25, 0.3) is 0 Å². The summed E-state index contributed by atoms with van der Waals surface area (Å²) in [4.78, 5) is 4.96. The Kier molecular flexibility index (Phi) is 3.84. The number of hydrogen-bond acceptors (Lipinski definition) is 0. The Morgan fingerprint density at radius 3 is 2.08 bits per heavy atom. The van der Waals surface area contributed by atoms with Gasteiger partial charge in [0.1, 0.15) is 0 Å². The van der Waals surface area contributed by atoms with E-state index in [9.17, 15) is 0 Å². The fourth-order valence-corrected chi connectivity index (χ4v) is 7.50. The van der Waals surface area contributed by atoms with E-state index in [1.54, 1.807) is 0 Å². The third-order valence-electron chi connectivity index (χ3n) is 2.35. The van der Waals surface area contributed by atoms with Gasteiger partial charge < -0.3 is 0 Å². The summed E-state index contributed by atoms with van der Waals surface area (Å²) < 4.78 is 1.44. The first kappa shape index (κ1) is 11.1. The Morgan fingerprint density at radius 2 is 1.62 bits per heavy atom. The van der Waals surface area contributed by atoms with E-state index in [2.05, 4.69) is 54.1 Å². The van der Waals surface area contributed by atoms with Crippen LogP contribution in [0.25, 0.3) is 0 Å². The average Bonchev–Trinajstić information content (AvgIpc) is 2.04. The molecule has 1 aromatic carbocycles. The molecule has 0 aliphatic carbocycles. The van der Waals surface area contributed by atoms with Gasteiger partial charge in [0.05, 0.1) is 0 Å². The van der Waals surface area contributed by atoms with Crippen LogP contribution in [0.1, 0.15) is 19.4 Å². The Morgan fingerprint density at radius 1 is 1.08 bits per heavy atom. The summed E-state index contributed by atoms with van der Waals surface area (Å²) in [5.74, 6) is 0. The molecule has 0 amide bonds. The molecule has 0 unspecified atom stereocenters. The van der Waals surface area contributed by atoms with Gasteiger partial charge in [0, 0.05) is 0 Å². The SMILES string of the molecule is [CH3][Sn]([CH3])[CH2]C(C)(C)c1ccccc1. The molecule has 1 aromatic rings. The van der Waals surface area contributed by atoms with Crippen molar-refractivity contribution in [3.63, 3.8) is 0 Å². The van der Waals surface area contributed by atoms with Gasteiger partial charge in [-0.25, -0.2) is 0 Å². The van der Waals surface area contributed by atoms with Gasteiger partial charge in [0.2, 0.25) is 0 Å². The van der Waals surface area contributed by atoms with Crippen molar-refractivity contribution in [2.24, 2.45) is 0 Å². The van der Waals surface area contributed by atoms with Gasteiger partial charge in [-0.1, -0.05) is 0 Å². The van der Waals surface area contributed by atoms with Crippen molar-refractivity contribution in [2.45, 2.75) is 33.6 Å². The van der Waals surface area contributed by atoms with Gasteiger partial charge in [-0.05, 0) is 0 Å². The fourth-order valence-electron chi connectivity index (χ4n) is 1.88. The molecule has 13 heavy (non-hydrogen) atoms. The van der Waals surface area contributed by atoms with Gasteiger partial charge >= 0.3 is 89.2 Å². The Labute approximate surface area is 89.1 Å². The van der Waals surface area contributed by atoms with Crippen LogP contribution >= 0.6 is 0 Å².